The molecule has 2 aromatic carbocycles. The molecule has 0 aromatic heterocycles. The molecule has 1 N–H and O–H groups in total. The summed E-state index contributed by atoms with van der Waals surface area (Å²) in [4.78, 5) is 12.8. The quantitative estimate of drug-likeness (QED) is 0.586. The first-order chi connectivity index (χ1) is 15.9. The number of methoxy groups -OCH3 is 1. The van der Waals surface area contributed by atoms with Crippen LogP contribution < -0.4 is 14.4 Å². The maximum absolute atomic E-state index is 13.2. The Morgan fingerprint density at radius 1 is 1.06 bits per heavy atom. The van der Waals surface area contributed by atoms with Gasteiger partial charge >= 0.3 is 0 Å². The number of nitrogens with zero attached hydrogens (tertiary/aromatic N) is 2. The number of hydrogen-bond donors (Lipinski definition) is 1. The molecular formula is C23H31N3O6S2. The van der Waals surface area contributed by atoms with Crippen molar-refractivity contribution in [2.75, 3.05) is 42.6 Å². The molecule has 34 heavy (non-hydrogen) atoms. The number of hydrogen-bond acceptors (Lipinski definition) is 6. The van der Waals surface area contributed by atoms with Crippen molar-refractivity contribution in [1.29, 1.82) is 0 Å². The number of ether oxygens (including phenoxy) is 1. The molecule has 1 aliphatic rings. The van der Waals surface area contributed by atoms with Crippen molar-refractivity contribution < 1.29 is 26.4 Å². The lowest BCUT2D eigenvalue weighted by molar-refractivity contribution is -0.114. The zero-order valence-corrected chi connectivity index (χ0v) is 21.5. The van der Waals surface area contributed by atoms with Crippen molar-refractivity contribution in [2.45, 2.75) is 38.0 Å². The fourth-order valence-electron chi connectivity index (χ4n) is 3.92. The Morgan fingerprint density at radius 3 is 2.35 bits per heavy atom. The molecule has 1 amide bonds. The van der Waals surface area contributed by atoms with Gasteiger partial charge < -0.3 is 10.1 Å². The summed E-state index contributed by atoms with van der Waals surface area (Å²) in [5.41, 5.74) is 2.30. The van der Waals surface area contributed by atoms with E-state index in [4.69, 9.17) is 4.74 Å². The van der Waals surface area contributed by atoms with Gasteiger partial charge in [-0.25, -0.2) is 16.8 Å². The van der Waals surface area contributed by atoms with E-state index in [1.54, 1.807) is 19.1 Å². The van der Waals surface area contributed by atoms with Gasteiger partial charge in [-0.05, 0) is 62.1 Å². The van der Waals surface area contributed by atoms with Crippen molar-refractivity contribution in [3.05, 3.63) is 47.5 Å². The number of carbonyl (C=O) groups is 1. The molecule has 0 spiro atoms. The van der Waals surface area contributed by atoms with Gasteiger partial charge in [0.25, 0.3) is 0 Å². The average Bonchev–Trinajstić information content (AvgIpc) is 2.79. The Labute approximate surface area is 201 Å². The molecule has 0 saturated carbocycles. The standard InChI is InChI=1S/C23H31N3O6S2/c1-17-9-8-10-20(18(17)2)26(33(4,28)29)16-23(27)24-19-11-12-21(32-3)22(15-19)34(30,31)25-13-6-5-7-14-25/h8-12,15H,5-7,13-14,16H2,1-4H3,(H,24,27). The first-order valence-electron chi connectivity index (χ1n) is 11.0. The lowest BCUT2D eigenvalue weighted by Crippen LogP contribution is -2.38. The van der Waals surface area contributed by atoms with Gasteiger partial charge in [-0.2, -0.15) is 4.31 Å². The summed E-state index contributed by atoms with van der Waals surface area (Å²) in [7, 11) is -6.18. The second kappa shape index (κ2) is 10.3. The van der Waals surface area contributed by atoms with E-state index in [9.17, 15) is 21.6 Å². The predicted octanol–water partition coefficient (Wildman–Crippen LogP) is 2.89. The van der Waals surface area contributed by atoms with Crippen LogP contribution in [0.5, 0.6) is 5.75 Å². The van der Waals surface area contributed by atoms with Gasteiger partial charge in [0.1, 0.15) is 17.2 Å². The van der Waals surface area contributed by atoms with Gasteiger partial charge in [-0.1, -0.05) is 18.6 Å². The summed E-state index contributed by atoms with van der Waals surface area (Å²) in [5.74, 6) is -0.422. The molecule has 3 rings (SSSR count). The number of aryl methyl sites for hydroxylation is 1. The maximum atomic E-state index is 13.2. The minimum atomic E-state index is -3.81. The van der Waals surface area contributed by atoms with E-state index >= 15 is 0 Å². The normalized spacial score (nSPS) is 15.1. The highest BCUT2D eigenvalue weighted by Gasteiger charge is 2.29. The smallest absolute Gasteiger partial charge is 0.246 e. The Bertz CT molecular complexity index is 1270. The van der Waals surface area contributed by atoms with Gasteiger partial charge in [0.15, 0.2) is 0 Å². The van der Waals surface area contributed by atoms with Gasteiger partial charge in [0.05, 0.1) is 19.1 Å². The summed E-state index contributed by atoms with van der Waals surface area (Å²) in [6.45, 7) is 4.06. The zero-order chi connectivity index (χ0) is 25.1. The molecule has 2 aromatic rings. The fourth-order valence-corrected chi connectivity index (χ4v) is 6.52. The largest absolute Gasteiger partial charge is 0.495 e. The molecule has 0 atom stereocenters. The highest BCUT2D eigenvalue weighted by atomic mass is 32.2. The number of anilines is 2. The third-order valence-electron chi connectivity index (χ3n) is 5.91. The van der Waals surface area contributed by atoms with Gasteiger partial charge in [-0.15, -0.1) is 0 Å². The van der Waals surface area contributed by atoms with E-state index in [1.807, 2.05) is 13.0 Å². The molecule has 0 bridgehead atoms. The molecule has 0 aliphatic carbocycles. The summed E-state index contributed by atoms with van der Waals surface area (Å²) >= 11 is 0. The fraction of sp³-hybridized carbons (Fsp3) is 0.435. The number of piperidine rings is 1. The summed E-state index contributed by atoms with van der Waals surface area (Å²) in [6.07, 6.45) is 3.60. The average molecular weight is 510 g/mol. The number of sulfonamides is 2. The lowest BCUT2D eigenvalue weighted by atomic mass is 10.1. The van der Waals surface area contributed by atoms with Crippen molar-refractivity contribution in [2.24, 2.45) is 0 Å². The predicted molar refractivity (Wildman–Crippen MR) is 132 cm³/mol. The molecule has 186 valence electrons. The summed E-state index contributed by atoms with van der Waals surface area (Å²) in [6, 6.07) is 9.59. The van der Waals surface area contributed by atoms with E-state index in [0.717, 1.165) is 41.0 Å². The third-order valence-corrected chi connectivity index (χ3v) is 8.96. The molecule has 0 unspecified atom stereocenters. The number of carbonyl (C=O) groups excluding carboxylic acids is 1. The Morgan fingerprint density at radius 2 is 1.74 bits per heavy atom. The third kappa shape index (κ3) is 5.70. The molecule has 1 saturated heterocycles. The Kier molecular flexibility index (Phi) is 7.89. The number of nitrogens with one attached hydrogen (secondary N) is 1. The number of rotatable bonds is 8. The SMILES string of the molecule is COc1ccc(NC(=O)CN(c2cccc(C)c2C)S(C)(=O)=O)cc1S(=O)(=O)N1CCCCC1. The summed E-state index contributed by atoms with van der Waals surface area (Å²) in [5, 5.41) is 2.63. The lowest BCUT2D eigenvalue weighted by Gasteiger charge is -2.27. The van der Waals surface area contributed by atoms with E-state index in [1.165, 1.54) is 29.6 Å². The van der Waals surface area contributed by atoms with Crippen LogP contribution in [0.4, 0.5) is 11.4 Å². The van der Waals surface area contributed by atoms with Crippen LogP contribution in [0.25, 0.3) is 0 Å². The molecule has 11 heteroatoms. The minimum absolute atomic E-state index is 0.0378. The van der Waals surface area contributed by atoms with Crippen LogP contribution in [0, 0.1) is 13.8 Å². The van der Waals surface area contributed by atoms with Crippen LogP contribution in [-0.2, 0) is 24.8 Å². The highest BCUT2D eigenvalue weighted by molar-refractivity contribution is 7.92. The second-order valence-electron chi connectivity index (χ2n) is 8.37. The van der Waals surface area contributed by atoms with Gasteiger partial charge in [-0.3, -0.25) is 9.10 Å². The van der Waals surface area contributed by atoms with Gasteiger partial charge in [0.2, 0.25) is 26.0 Å². The maximum Gasteiger partial charge on any atom is 0.246 e. The molecule has 0 radical (unpaired) electrons. The Hall–Kier alpha value is -2.63. The monoisotopic (exact) mass is 509 g/mol. The van der Waals surface area contributed by atoms with E-state index < -0.39 is 32.5 Å². The Balaban J connectivity index is 1.88. The highest BCUT2D eigenvalue weighted by Crippen LogP contribution is 2.31. The molecule has 1 heterocycles. The van der Waals surface area contributed by atoms with Crippen molar-refractivity contribution in [3.63, 3.8) is 0 Å². The second-order valence-corrected chi connectivity index (χ2v) is 12.2. The van der Waals surface area contributed by atoms with E-state index in [0.29, 0.717) is 18.8 Å². The molecule has 1 aliphatic heterocycles. The van der Waals surface area contributed by atoms with Crippen molar-refractivity contribution in [3.8, 4) is 5.75 Å². The molecular weight excluding hydrogens is 478 g/mol. The van der Waals surface area contributed by atoms with Crippen LogP contribution in [0.1, 0.15) is 30.4 Å². The van der Waals surface area contributed by atoms with Crippen molar-refractivity contribution in [1.82, 2.24) is 4.31 Å². The van der Waals surface area contributed by atoms with Crippen LogP contribution in [-0.4, -0.2) is 60.0 Å². The van der Waals surface area contributed by atoms with Crippen LogP contribution in [0.3, 0.4) is 0 Å². The molecule has 9 nitrogen and oxygen atoms in total. The topological polar surface area (TPSA) is 113 Å². The first-order valence-corrected chi connectivity index (χ1v) is 14.3. The number of benzene rings is 2. The van der Waals surface area contributed by atoms with E-state index in [2.05, 4.69) is 5.32 Å². The first kappa shape index (κ1) is 26.0. The molecule has 1 fully saturated rings. The van der Waals surface area contributed by atoms with E-state index in [-0.39, 0.29) is 16.3 Å². The minimum Gasteiger partial charge on any atom is -0.495 e. The van der Waals surface area contributed by atoms with Crippen LogP contribution in [0.15, 0.2) is 41.3 Å². The van der Waals surface area contributed by atoms with Crippen LogP contribution in [0.2, 0.25) is 0 Å². The van der Waals surface area contributed by atoms with Gasteiger partial charge in [0, 0.05) is 18.8 Å². The van der Waals surface area contributed by atoms with Crippen LogP contribution >= 0.6 is 0 Å². The summed E-state index contributed by atoms with van der Waals surface area (Å²) < 4.78 is 59.1. The van der Waals surface area contributed by atoms with Crippen molar-refractivity contribution >= 4 is 37.3 Å². The zero-order valence-electron chi connectivity index (χ0n) is 19.9. The number of amides is 1.